The molecule has 1 heterocycles. The molecule has 3 aromatic carbocycles. The van der Waals surface area contributed by atoms with Gasteiger partial charge in [0.25, 0.3) is 0 Å². The van der Waals surface area contributed by atoms with E-state index in [0.717, 1.165) is 16.7 Å². The SMILES string of the molecule is C[C@@H](C(=O)NCc1ccc2c(c1)OCO2)N(Cc1ccc(F)cc1)C(=O)Cc1ccccc1. The van der Waals surface area contributed by atoms with Gasteiger partial charge >= 0.3 is 0 Å². The van der Waals surface area contributed by atoms with E-state index in [1.165, 1.54) is 17.0 Å². The number of benzene rings is 3. The van der Waals surface area contributed by atoms with Gasteiger partial charge in [0.2, 0.25) is 18.6 Å². The maximum absolute atomic E-state index is 13.3. The van der Waals surface area contributed by atoms with Crippen LogP contribution in [0.5, 0.6) is 11.5 Å². The zero-order valence-electron chi connectivity index (χ0n) is 18.3. The van der Waals surface area contributed by atoms with Crippen LogP contribution in [-0.4, -0.2) is 29.5 Å². The van der Waals surface area contributed by atoms with Crippen LogP contribution in [0.3, 0.4) is 0 Å². The first-order valence-electron chi connectivity index (χ1n) is 10.7. The summed E-state index contributed by atoms with van der Waals surface area (Å²) in [5.74, 6) is 0.504. The van der Waals surface area contributed by atoms with E-state index in [-0.39, 0.29) is 43.9 Å². The van der Waals surface area contributed by atoms with Crippen LogP contribution in [0.15, 0.2) is 72.8 Å². The molecule has 7 heteroatoms. The van der Waals surface area contributed by atoms with Gasteiger partial charge in [-0.3, -0.25) is 9.59 Å². The topological polar surface area (TPSA) is 67.9 Å². The predicted molar refractivity (Wildman–Crippen MR) is 121 cm³/mol. The van der Waals surface area contributed by atoms with E-state index in [2.05, 4.69) is 5.32 Å². The first-order chi connectivity index (χ1) is 16.0. The first kappa shape index (κ1) is 22.3. The third kappa shape index (κ3) is 5.68. The van der Waals surface area contributed by atoms with Crippen LogP contribution in [0.25, 0.3) is 0 Å². The minimum absolute atomic E-state index is 0.168. The highest BCUT2D eigenvalue weighted by Gasteiger charge is 2.26. The summed E-state index contributed by atoms with van der Waals surface area (Å²) in [5, 5.41) is 2.89. The van der Waals surface area contributed by atoms with E-state index in [1.807, 2.05) is 42.5 Å². The van der Waals surface area contributed by atoms with E-state index in [1.54, 1.807) is 25.1 Å². The number of ether oxygens (including phenoxy) is 2. The van der Waals surface area contributed by atoms with Crippen molar-refractivity contribution < 1.29 is 23.5 Å². The fraction of sp³-hybridized carbons (Fsp3) is 0.231. The lowest BCUT2D eigenvalue weighted by atomic mass is 10.1. The van der Waals surface area contributed by atoms with Crippen LogP contribution in [-0.2, 0) is 29.1 Å². The lowest BCUT2D eigenvalue weighted by Gasteiger charge is -2.29. The van der Waals surface area contributed by atoms with Crippen molar-refractivity contribution in [2.45, 2.75) is 32.5 Å². The Morgan fingerprint density at radius 2 is 1.64 bits per heavy atom. The summed E-state index contributed by atoms with van der Waals surface area (Å²) >= 11 is 0. The molecule has 0 saturated heterocycles. The number of carbonyl (C=O) groups is 2. The Morgan fingerprint density at radius 1 is 0.939 bits per heavy atom. The number of hydrogen-bond donors (Lipinski definition) is 1. The van der Waals surface area contributed by atoms with Crippen molar-refractivity contribution in [2.24, 2.45) is 0 Å². The summed E-state index contributed by atoms with van der Waals surface area (Å²) in [5.41, 5.74) is 2.47. The van der Waals surface area contributed by atoms with Gasteiger partial charge in [-0.2, -0.15) is 0 Å². The Balaban J connectivity index is 1.46. The van der Waals surface area contributed by atoms with Crippen molar-refractivity contribution in [3.05, 3.63) is 95.3 Å². The number of rotatable bonds is 8. The van der Waals surface area contributed by atoms with Crippen LogP contribution in [0.2, 0.25) is 0 Å². The molecule has 0 bridgehead atoms. The zero-order valence-corrected chi connectivity index (χ0v) is 18.3. The van der Waals surface area contributed by atoms with E-state index < -0.39 is 6.04 Å². The van der Waals surface area contributed by atoms with Crippen LogP contribution < -0.4 is 14.8 Å². The molecule has 4 rings (SSSR count). The molecule has 3 aromatic rings. The normalized spacial score (nSPS) is 12.8. The Hall–Kier alpha value is -3.87. The minimum Gasteiger partial charge on any atom is -0.454 e. The highest BCUT2D eigenvalue weighted by atomic mass is 19.1. The molecule has 0 saturated carbocycles. The van der Waals surface area contributed by atoms with E-state index >= 15 is 0 Å². The van der Waals surface area contributed by atoms with Crippen LogP contribution >= 0.6 is 0 Å². The second kappa shape index (κ2) is 10.2. The molecule has 1 atom stereocenters. The molecule has 33 heavy (non-hydrogen) atoms. The number of hydrogen-bond acceptors (Lipinski definition) is 4. The Morgan fingerprint density at radius 3 is 2.39 bits per heavy atom. The quantitative estimate of drug-likeness (QED) is 0.569. The smallest absolute Gasteiger partial charge is 0.242 e. The first-order valence-corrected chi connectivity index (χ1v) is 10.7. The number of amides is 2. The van der Waals surface area contributed by atoms with E-state index in [9.17, 15) is 14.0 Å². The highest BCUT2D eigenvalue weighted by molar-refractivity contribution is 5.88. The number of carbonyl (C=O) groups excluding carboxylic acids is 2. The summed E-state index contributed by atoms with van der Waals surface area (Å²) in [6, 6.07) is 20.1. The molecule has 170 valence electrons. The van der Waals surface area contributed by atoms with Gasteiger partial charge in [-0.05, 0) is 47.9 Å². The molecule has 2 amide bonds. The van der Waals surface area contributed by atoms with Crippen molar-refractivity contribution in [1.29, 1.82) is 0 Å². The van der Waals surface area contributed by atoms with Crippen LogP contribution in [0, 0.1) is 5.82 Å². The predicted octanol–water partition coefficient (Wildman–Crippen LogP) is 3.83. The van der Waals surface area contributed by atoms with Crippen molar-refractivity contribution >= 4 is 11.8 Å². The fourth-order valence-corrected chi connectivity index (χ4v) is 3.63. The summed E-state index contributed by atoms with van der Waals surface area (Å²) in [7, 11) is 0. The maximum atomic E-state index is 13.3. The molecule has 1 aliphatic heterocycles. The van der Waals surface area contributed by atoms with E-state index in [4.69, 9.17) is 9.47 Å². The van der Waals surface area contributed by atoms with Gasteiger partial charge < -0.3 is 19.7 Å². The zero-order chi connectivity index (χ0) is 23.2. The molecule has 0 spiro atoms. The van der Waals surface area contributed by atoms with Gasteiger partial charge in [-0.1, -0.05) is 48.5 Å². The number of halogens is 1. The van der Waals surface area contributed by atoms with Gasteiger partial charge in [0.15, 0.2) is 11.5 Å². The maximum Gasteiger partial charge on any atom is 0.242 e. The molecule has 0 aromatic heterocycles. The third-order valence-electron chi connectivity index (χ3n) is 5.54. The summed E-state index contributed by atoms with van der Waals surface area (Å²) in [4.78, 5) is 27.7. The van der Waals surface area contributed by atoms with Crippen molar-refractivity contribution in [2.75, 3.05) is 6.79 Å². The highest BCUT2D eigenvalue weighted by Crippen LogP contribution is 2.32. The second-order valence-corrected chi connectivity index (χ2v) is 7.89. The molecule has 1 N–H and O–H groups in total. The fourth-order valence-electron chi connectivity index (χ4n) is 3.63. The Labute approximate surface area is 191 Å². The molecule has 1 aliphatic rings. The molecule has 6 nitrogen and oxygen atoms in total. The lowest BCUT2D eigenvalue weighted by molar-refractivity contribution is -0.140. The number of fused-ring (bicyclic) bond motifs is 1. The van der Waals surface area contributed by atoms with Gasteiger partial charge in [0.1, 0.15) is 11.9 Å². The largest absolute Gasteiger partial charge is 0.454 e. The average molecular weight is 448 g/mol. The lowest BCUT2D eigenvalue weighted by Crippen LogP contribution is -2.48. The number of nitrogens with one attached hydrogen (secondary N) is 1. The standard InChI is InChI=1S/C26H25FN2O4/c1-18(26(31)28-15-21-9-12-23-24(13-21)33-17-32-23)29(16-20-7-10-22(27)11-8-20)25(30)14-19-5-3-2-4-6-19/h2-13,18H,14-17H2,1H3,(H,28,31)/t18-/m0/s1. The monoisotopic (exact) mass is 448 g/mol. The third-order valence-corrected chi connectivity index (χ3v) is 5.54. The van der Waals surface area contributed by atoms with Crippen molar-refractivity contribution in [3.8, 4) is 11.5 Å². The van der Waals surface area contributed by atoms with Crippen molar-refractivity contribution in [1.82, 2.24) is 10.2 Å². The average Bonchev–Trinajstić information content (AvgIpc) is 3.30. The number of nitrogens with zero attached hydrogens (tertiary/aromatic N) is 1. The molecule has 0 radical (unpaired) electrons. The van der Waals surface area contributed by atoms with Crippen LogP contribution in [0.1, 0.15) is 23.6 Å². The summed E-state index contributed by atoms with van der Waals surface area (Å²) < 4.78 is 24.0. The van der Waals surface area contributed by atoms with E-state index in [0.29, 0.717) is 11.5 Å². The van der Waals surface area contributed by atoms with Crippen molar-refractivity contribution in [3.63, 3.8) is 0 Å². The summed E-state index contributed by atoms with van der Waals surface area (Å²) in [6.45, 7) is 2.37. The van der Waals surface area contributed by atoms with Gasteiger partial charge in [-0.25, -0.2) is 4.39 Å². The molecular formula is C26H25FN2O4. The molecule has 0 aliphatic carbocycles. The summed E-state index contributed by atoms with van der Waals surface area (Å²) in [6.07, 6.45) is 0.168. The minimum atomic E-state index is -0.722. The van der Waals surface area contributed by atoms with Gasteiger partial charge in [-0.15, -0.1) is 0 Å². The Bertz CT molecular complexity index is 1120. The molecule has 0 unspecified atom stereocenters. The molecular weight excluding hydrogens is 423 g/mol. The Kier molecular flexibility index (Phi) is 6.88. The second-order valence-electron chi connectivity index (χ2n) is 7.89. The van der Waals surface area contributed by atoms with Crippen LogP contribution in [0.4, 0.5) is 4.39 Å². The van der Waals surface area contributed by atoms with Gasteiger partial charge in [0, 0.05) is 13.1 Å². The molecule has 0 fully saturated rings. The van der Waals surface area contributed by atoms with Gasteiger partial charge in [0.05, 0.1) is 6.42 Å².